The third-order valence-corrected chi connectivity index (χ3v) is 3.18. The van der Waals surface area contributed by atoms with Crippen molar-refractivity contribution >= 4 is 11.8 Å². The Bertz CT molecular complexity index is 422. The first-order valence-corrected chi connectivity index (χ1v) is 6.39. The largest absolute Gasteiger partial charge is 0.393 e. The molecule has 2 heterocycles. The molecule has 0 aliphatic carbocycles. The maximum atomic E-state index is 12.8. The SMILES string of the molecule is CCNc1nccc(N2CCCC(C(F)(F)F)C2)n1. The van der Waals surface area contributed by atoms with E-state index < -0.39 is 12.1 Å². The molecule has 7 heteroatoms. The molecule has 0 saturated carbocycles. The lowest BCUT2D eigenvalue weighted by Crippen LogP contribution is -2.42. The Morgan fingerprint density at radius 1 is 1.47 bits per heavy atom. The van der Waals surface area contributed by atoms with Crippen LogP contribution in [-0.4, -0.2) is 35.8 Å². The van der Waals surface area contributed by atoms with Gasteiger partial charge in [0.15, 0.2) is 0 Å². The normalized spacial score (nSPS) is 20.4. The fourth-order valence-corrected chi connectivity index (χ4v) is 2.22. The lowest BCUT2D eigenvalue weighted by molar-refractivity contribution is -0.176. The van der Waals surface area contributed by atoms with Crippen molar-refractivity contribution in [3.8, 4) is 0 Å². The number of rotatable bonds is 3. The molecule has 0 spiro atoms. The Kier molecular flexibility index (Phi) is 4.11. The highest BCUT2D eigenvalue weighted by Crippen LogP contribution is 2.34. The second-order valence-corrected chi connectivity index (χ2v) is 4.60. The molecule has 19 heavy (non-hydrogen) atoms. The van der Waals surface area contributed by atoms with Gasteiger partial charge in [-0.15, -0.1) is 0 Å². The van der Waals surface area contributed by atoms with Crippen molar-refractivity contribution in [3.63, 3.8) is 0 Å². The van der Waals surface area contributed by atoms with Gasteiger partial charge in [0.1, 0.15) is 5.82 Å². The maximum absolute atomic E-state index is 12.8. The topological polar surface area (TPSA) is 41.1 Å². The Hall–Kier alpha value is -1.53. The van der Waals surface area contributed by atoms with Crippen LogP contribution in [0.3, 0.4) is 0 Å². The molecule has 0 bridgehead atoms. The first kappa shape index (κ1) is 13.9. The fraction of sp³-hybridized carbons (Fsp3) is 0.667. The molecule has 1 aromatic rings. The van der Waals surface area contributed by atoms with E-state index in [0.717, 1.165) is 0 Å². The highest BCUT2D eigenvalue weighted by atomic mass is 19.4. The summed E-state index contributed by atoms with van der Waals surface area (Å²) in [6.07, 6.45) is -1.83. The molecule has 1 N–H and O–H groups in total. The third kappa shape index (κ3) is 3.48. The summed E-state index contributed by atoms with van der Waals surface area (Å²) in [4.78, 5) is 9.94. The summed E-state index contributed by atoms with van der Waals surface area (Å²) in [6.45, 7) is 3.17. The molecule has 1 unspecified atom stereocenters. The van der Waals surface area contributed by atoms with Crippen LogP contribution in [0, 0.1) is 5.92 Å². The maximum Gasteiger partial charge on any atom is 0.393 e. The number of aromatic nitrogens is 2. The summed E-state index contributed by atoms with van der Waals surface area (Å²) in [6, 6.07) is 1.65. The molecule has 0 aromatic carbocycles. The van der Waals surface area contributed by atoms with Crippen LogP contribution in [-0.2, 0) is 0 Å². The van der Waals surface area contributed by atoms with Gasteiger partial charge in [0.05, 0.1) is 5.92 Å². The van der Waals surface area contributed by atoms with Crippen LogP contribution < -0.4 is 10.2 Å². The number of hydrogen-bond donors (Lipinski definition) is 1. The van der Waals surface area contributed by atoms with Gasteiger partial charge >= 0.3 is 6.18 Å². The minimum absolute atomic E-state index is 0.0217. The van der Waals surface area contributed by atoms with Gasteiger partial charge in [-0.3, -0.25) is 0 Å². The molecular weight excluding hydrogens is 257 g/mol. The van der Waals surface area contributed by atoms with Crippen molar-refractivity contribution < 1.29 is 13.2 Å². The molecule has 1 aromatic heterocycles. The second kappa shape index (κ2) is 5.63. The van der Waals surface area contributed by atoms with Gasteiger partial charge in [-0.05, 0) is 25.8 Å². The number of anilines is 2. The van der Waals surface area contributed by atoms with Crippen LogP contribution in [0.1, 0.15) is 19.8 Å². The fourth-order valence-electron chi connectivity index (χ4n) is 2.22. The molecule has 0 amide bonds. The van der Waals surface area contributed by atoms with Crippen molar-refractivity contribution in [1.29, 1.82) is 0 Å². The van der Waals surface area contributed by atoms with E-state index in [-0.39, 0.29) is 13.0 Å². The van der Waals surface area contributed by atoms with E-state index in [2.05, 4.69) is 15.3 Å². The van der Waals surface area contributed by atoms with Crippen molar-refractivity contribution in [3.05, 3.63) is 12.3 Å². The van der Waals surface area contributed by atoms with E-state index in [1.54, 1.807) is 17.2 Å². The summed E-state index contributed by atoms with van der Waals surface area (Å²) in [7, 11) is 0. The van der Waals surface area contributed by atoms with E-state index in [4.69, 9.17) is 0 Å². The predicted molar refractivity (Wildman–Crippen MR) is 67.2 cm³/mol. The highest BCUT2D eigenvalue weighted by molar-refractivity contribution is 5.42. The van der Waals surface area contributed by atoms with E-state index in [1.807, 2.05) is 6.92 Å². The molecule has 1 saturated heterocycles. The van der Waals surface area contributed by atoms with Crippen LogP contribution in [0.4, 0.5) is 24.9 Å². The number of hydrogen-bond acceptors (Lipinski definition) is 4. The Balaban J connectivity index is 2.10. The zero-order chi connectivity index (χ0) is 13.9. The Labute approximate surface area is 110 Å². The predicted octanol–water partition coefficient (Wildman–Crippen LogP) is 2.69. The molecular formula is C12H17F3N4. The van der Waals surface area contributed by atoms with E-state index in [1.165, 1.54) is 0 Å². The first-order chi connectivity index (χ1) is 9.00. The zero-order valence-electron chi connectivity index (χ0n) is 10.7. The van der Waals surface area contributed by atoms with Gasteiger partial charge in [-0.1, -0.05) is 0 Å². The van der Waals surface area contributed by atoms with E-state index in [0.29, 0.717) is 31.3 Å². The van der Waals surface area contributed by atoms with Crippen LogP contribution in [0.25, 0.3) is 0 Å². The lowest BCUT2D eigenvalue weighted by Gasteiger charge is -2.34. The molecule has 1 fully saturated rings. The van der Waals surface area contributed by atoms with Gasteiger partial charge in [-0.2, -0.15) is 18.2 Å². The minimum atomic E-state index is -4.13. The van der Waals surface area contributed by atoms with Crippen molar-refractivity contribution in [2.45, 2.75) is 25.9 Å². The summed E-state index contributed by atoms with van der Waals surface area (Å²) < 4.78 is 38.3. The van der Waals surface area contributed by atoms with Crippen LogP contribution in [0.2, 0.25) is 0 Å². The number of nitrogens with zero attached hydrogens (tertiary/aromatic N) is 3. The standard InChI is InChI=1S/C12H17F3N4/c1-2-16-11-17-6-5-10(18-11)19-7-3-4-9(8-19)12(13,14)15/h5-6,9H,2-4,7-8H2,1H3,(H,16,17,18). The quantitative estimate of drug-likeness (QED) is 0.920. The van der Waals surface area contributed by atoms with Crippen molar-refractivity contribution in [2.75, 3.05) is 29.9 Å². The zero-order valence-corrected chi connectivity index (χ0v) is 10.7. The average molecular weight is 274 g/mol. The molecule has 4 nitrogen and oxygen atoms in total. The molecule has 1 atom stereocenters. The number of halogens is 3. The summed E-state index contributed by atoms with van der Waals surface area (Å²) in [5.41, 5.74) is 0. The van der Waals surface area contributed by atoms with E-state index in [9.17, 15) is 13.2 Å². The van der Waals surface area contributed by atoms with Gasteiger partial charge in [0.25, 0.3) is 0 Å². The molecule has 2 rings (SSSR count). The Morgan fingerprint density at radius 2 is 2.26 bits per heavy atom. The molecule has 1 aliphatic heterocycles. The number of nitrogens with one attached hydrogen (secondary N) is 1. The van der Waals surface area contributed by atoms with E-state index >= 15 is 0 Å². The second-order valence-electron chi connectivity index (χ2n) is 4.60. The third-order valence-electron chi connectivity index (χ3n) is 3.18. The number of piperidine rings is 1. The monoisotopic (exact) mass is 274 g/mol. The van der Waals surface area contributed by atoms with Gasteiger partial charge in [0.2, 0.25) is 5.95 Å². The lowest BCUT2D eigenvalue weighted by atomic mass is 9.97. The van der Waals surface area contributed by atoms with Gasteiger partial charge in [-0.25, -0.2) is 4.98 Å². The highest BCUT2D eigenvalue weighted by Gasteiger charge is 2.42. The van der Waals surface area contributed by atoms with Crippen LogP contribution in [0.15, 0.2) is 12.3 Å². The number of alkyl halides is 3. The first-order valence-electron chi connectivity index (χ1n) is 6.39. The smallest absolute Gasteiger partial charge is 0.356 e. The van der Waals surface area contributed by atoms with Crippen LogP contribution >= 0.6 is 0 Å². The van der Waals surface area contributed by atoms with Gasteiger partial charge in [0, 0.05) is 25.8 Å². The molecule has 0 radical (unpaired) electrons. The molecule has 106 valence electrons. The van der Waals surface area contributed by atoms with Gasteiger partial charge < -0.3 is 10.2 Å². The Morgan fingerprint density at radius 3 is 2.95 bits per heavy atom. The minimum Gasteiger partial charge on any atom is -0.356 e. The van der Waals surface area contributed by atoms with Crippen molar-refractivity contribution in [1.82, 2.24) is 9.97 Å². The summed E-state index contributed by atoms with van der Waals surface area (Å²) >= 11 is 0. The molecule has 1 aliphatic rings. The average Bonchev–Trinajstić information content (AvgIpc) is 2.39. The summed E-state index contributed by atoms with van der Waals surface area (Å²) in [5, 5.41) is 2.96. The van der Waals surface area contributed by atoms with Crippen molar-refractivity contribution in [2.24, 2.45) is 5.92 Å². The van der Waals surface area contributed by atoms with Crippen LogP contribution in [0.5, 0.6) is 0 Å². The summed E-state index contributed by atoms with van der Waals surface area (Å²) in [5.74, 6) is -0.257.